The van der Waals surface area contributed by atoms with Gasteiger partial charge >= 0.3 is 0 Å². The van der Waals surface area contributed by atoms with E-state index in [1.807, 2.05) is 30.3 Å². The van der Waals surface area contributed by atoms with Crippen molar-refractivity contribution in [3.63, 3.8) is 0 Å². The smallest absolute Gasteiger partial charge is 0.146 e. The van der Waals surface area contributed by atoms with Crippen molar-refractivity contribution in [1.82, 2.24) is 5.32 Å². The molecule has 0 bridgehead atoms. The average Bonchev–Trinajstić information content (AvgIpc) is 2.43. The molecule has 1 unspecified atom stereocenters. The van der Waals surface area contributed by atoms with E-state index in [9.17, 15) is 9.50 Å². The number of hydrogen-bond donors (Lipinski definition) is 3. The van der Waals surface area contributed by atoms with Crippen LogP contribution in [0.15, 0.2) is 48.5 Å². The number of benzene rings is 2. The highest BCUT2D eigenvalue weighted by molar-refractivity contribution is 5.43. The zero-order valence-corrected chi connectivity index (χ0v) is 10.5. The molecule has 0 heterocycles. The molecule has 4 heteroatoms. The number of nitrogen functional groups attached to an aromatic ring is 1. The molecule has 0 saturated heterocycles. The molecule has 2 aromatic rings. The lowest BCUT2D eigenvalue weighted by Gasteiger charge is -2.13. The van der Waals surface area contributed by atoms with Crippen LogP contribution in [0, 0.1) is 5.82 Å². The fourth-order valence-corrected chi connectivity index (χ4v) is 1.84. The molecule has 19 heavy (non-hydrogen) atoms. The maximum Gasteiger partial charge on any atom is 0.146 e. The Bertz CT molecular complexity index is 531. The van der Waals surface area contributed by atoms with E-state index < -0.39 is 11.9 Å². The van der Waals surface area contributed by atoms with Crippen LogP contribution < -0.4 is 11.1 Å². The number of nitrogens with two attached hydrogens (primary N) is 1. The van der Waals surface area contributed by atoms with E-state index in [1.54, 1.807) is 6.07 Å². The highest BCUT2D eigenvalue weighted by Gasteiger charge is 2.09. The molecule has 3 nitrogen and oxygen atoms in total. The van der Waals surface area contributed by atoms with E-state index in [0.29, 0.717) is 18.7 Å². The molecule has 0 aromatic heterocycles. The number of rotatable bonds is 5. The summed E-state index contributed by atoms with van der Waals surface area (Å²) in [6.07, 6.45) is -0.702. The van der Waals surface area contributed by atoms with Gasteiger partial charge in [-0.25, -0.2) is 4.39 Å². The van der Waals surface area contributed by atoms with Crippen LogP contribution in [0.25, 0.3) is 0 Å². The second-order valence-corrected chi connectivity index (χ2v) is 4.41. The van der Waals surface area contributed by atoms with Crippen molar-refractivity contribution in [2.45, 2.75) is 12.6 Å². The van der Waals surface area contributed by atoms with Gasteiger partial charge in [-0.05, 0) is 23.3 Å². The maximum absolute atomic E-state index is 13.0. The van der Waals surface area contributed by atoms with E-state index in [-0.39, 0.29) is 5.69 Å². The van der Waals surface area contributed by atoms with E-state index in [4.69, 9.17) is 5.73 Å². The molecule has 0 radical (unpaired) electrons. The number of aliphatic hydroxyl groups excluding tert-OH is 1. The second kappa shape index (κ2) is 6.31. The molecule has 2 rings (SSSR count). The van der Waals surface area contributed by atoms with Crippen molar-refractivity contribution in [1.29, 1.82) is 0 Å². The van der Waals surface area contributed by atoms with Gasteiger partial charge in [0.1, 0.15) is 5.82 Å². The molecule has 0 aliphatic heterocycles. The zero-order chi connectivity index (χ0) is 13.7. The standard InChI is InChI=1S/C15H17FN2O/c16-13-7-6-12(8-14(13)17)15(19)10-18-9-11-4-2-1-3-5-11/h1-8,15,18-19H,9-10,17H2. The van der Waals surface area contributed by atoms with Gasteiger partial charge in [-0.2, -0.15) is 0 Å². The summed E-state index contributed by atoms with van der Waals surface area (Å²) in [5.41, 5.74) is 7.28. The van der Waals surface area contributed by atoms with Gasteiger partial charge in [-0.15, -0.1) is 0 Å². The Kier molecular flexibility index (Phi) is 4.49. The Morgan fingerprint density at radius 1 is 1.16 bits per heavy atom. The first-order valence-corrected chi connectivity index (χ1v) is 6.14. The summed E-state index contributed by atoms with van der Waals surface area (Å²) in [5, 5.41) is 13.1. The fraction of sp³-hybridized carbons (Fsp3) is 0.200. The lowest BCUT2D eigenvalue weighted by molar-refractivity contribution is 0.174. The third-order valence-electron chi connectivity index (χ3n) is 2.91. The second-order valence-electron chi connectivity index (χ2n) is 4.41. The minimum absolute atomic E-state index is 0.0552. The third-order valence-corrected chi connectivity index (χ3v) is 2.91. The van der Waals surface area contributed by atoms with Crippen LogP contribution in [-0.2, 0) is 6.54 Å². The van der Waals surface area contributed by atoms with Crippen LogP contribution in [0.5, 0.6) is 0 Å². The summed E-state index contributed by atoms with van der Waals surface area (Å²) in [4.78, 5) is 0. The van der Waals surface area contributed by atoms with Crippen LogP contribution in [-0.4, -0.2) is 11.7 Å². The topological polar surface area (TPSA) is 58.3 Å². The molecule has 0 saturated carbocycles. The van der Waals surface area contributed by atoms with E-state index >= 15 is 0 Å². The number of hydrogen-bond acceptors (Lipinski definition) is 3. The summed E-state index contributed by atoms with van der Waals surface area (Å²) in [6, 6.07) is 14.2. The van der Waals surface area contributed by atoms with E-state index in [0.717, 1.165) is 5.56 Å². The van der Waals surface area contributed by atoms with Crippen LogP contribution in [0.2, 0.25) is 0 Å². The van der Waals surface area contributed by atoms with Crippen LogP contribution in [0.4, 0.5) is 10.1 Å². The normalized spacial score (nSPS) is 12.3. The first-order valence-electron chi connectivity index (χ1n) is 6.14. The molecular weight excluding hydrogens is 243 g/mol. The third kappa shape index (κ3) is 3.77. The molecule has 2 aromatic carbocycles. The fourth-order valence-electron chi connectivity index (χ4n) is 1.84. The van der Waals surface area contributed by atoms with Crippen molar-refractivity contribution >= 4 is 5.69 Å². The largest absolute Gasteiger partial charge is 0.396 e. The van der Waals surface area contributed by atoms with Crippen molar-refractivity contribution < 1.29 is 9.50 Å². The van der Waals surface area contributed by atoms with Crippen molar-refractivity contribution in [2.24, 2.45) is 0 Å². The highest BCUT2D eigenvalue weighted by atomic mass is 19.1. The predicted molar refractivity (Wildman–Crippen MR) is 73.9 cm³/mol. The summed E-state index contributed by atoms with van der Waals surface area (Å²) < 4.78 is 13.0. The lowest BCUT2D eigenvalue weighted by Crippen LogP contribution is -2.21. The Labute approximate surface area is 111 Å². The number of aliphatic hydroxyl groups is 1. The molecular formula is C15H17FN2O. The SMILES string of the molecule is Nc1cc(C(O)CNCc2ccccc2)ccc1F. The van der Waals surface area contributed by atoms with Gasteiger partial charge < -0.3 is 16.2 Å². The summed E-state index contributed by atoms with van der Waals surface area (Å²) in [5.74, 6) is -0.465. The average molecular weight is 260 g/mol. The van der Waals surface area contributed by atoms with Gasteiger partial charge in [0.25, 0.3) is 0 Å². The first kappa shape index (κ1) is 13.5. The predicted octanol–water partition coefficient (Wildman–Crippen LogP) is 2.23. The Balaban J connectivity index is 1.87. The van der Waals surface area contributed by atoms with Crippen molar-refractivity contribution in [3.8, 4) is 0 Å². The number of anilines is 1. The Hall–Kier alpha value is -1.91. The van der Waals surface area contributed by atoms with Gasteiger partial charge in [0.15, 0.2) is 0 Å². The summed E-state index contributed by atoms with van der Waals surface area (Å²) >= 11 is 0. The highest BCUT2D eigenvalue weighted by Crippen LogP contribution is 2.18. The molecule has 1 atom stereocenters. The summed E-state index contributed by atoms with van der Waals surface area (Å²) in [6.45, 7) is 1.06. The molecule has 0 fully saturated rings. The van der Waals surface area contributed by atoms with Crippen LogP contribution >= 0.6 is 0 Å². The minimum Gasteiger partial charge on any atom is -0.396 e. The molecule has 100 valence electrons. The number of halogens is 1. The summed E-state index contributed by atoms with van der Waals surface area (Å²) in [7, 11) is 0. The zero-order valence-electron chi connectivity index (χ0n) is 10.5. The maximum atomic E-state index is 13.0. The van der Waals surface area contributed by atoms with E-state index in [2.05, 4.69) is 5.32 Å². The van der Waals surface area contributed by atoms with Crippen LogP contribution in [0.1, 0.15) is 17.2 Å². The van der Waals surface area contributed by atoms with Crippen molar-refractivity contribution in [2.75, 3.05) is 12.3 Å². The van der Waals surface area contributed by atoms with Gasteiger partial charge in [0.2, 0.25) is 0 Å². The van der Waals surface area contributed by atoms with Crippen molar-refractivity contribution in [3.05, 3.63) is 65.5 Å². The first-order chi connectivity index (χ1) is 9.16. The van der Waals surface area contributed by atoms with Gasteiger partial charge in [0, 0.05) is 13.1 Å². The van der Waals surface area contributed by atoms with E-state index in [1.165, 1.54) is 12.1 Å². The van der Waals surface area contributed by atoms with Crippen LogP contribution in [0.3, 0.4) is 0 Å². The number of nitrogens with one attached hydrogen (secondary N) is 1. The molecule has 0 aliphatic carbocycles. The monoisotopic (exact) mass is 260 g/mol. The Morgan fingerprint density at radius 3 is 2.58 bits per heavy atom. The van der Waals surface area contributed by atoms with Gasteiger partial charge in [-0.1, -0.05) is 36.4 Å². The Morgan fingerprint density at radius 2 is 1.89 bits per heavy atom. The molecule has 0 aliphatic rings. The molecule has 4 N–H and O–H groups in total. The van der Waals surface area contributed by atoms with Gasteiger partial charge in [0.05, 0.1) is 11.8 Å². The minimum atomic E-state index is -0.702. The quantitative estimate of drug-likeness (QED) is 0.723. The molecule has 0 spiro atoms. The molecule has 0 amide bonds. The van der Waals surface area contributed by atoms with Gasteiger partial charge in [-0.3, -0.25) is 0 Å². The lowest BCUT2D eigenvalue weighted by atomic mass is 10.1.